The first-order chi connectivity index (χ1) is 12.2. The lowest BCUT2D eigenvalue weighted by atomic mass is 9.94. The van der Waals surface area contributed by atoms with Crippen LogP contribution in [-0.2, 0) is 14.2 Å². The van der Waals surface area contributed by atoms with Gasteiger partial charge in [-0.15, -0.1) is 0 Å². The summed E-state index contributed by atoms with van der Waals surface area (Å²) in [6.45, 7) is -0.124. The van der Waals surface area contributed by atoms with Crippen molar-refractivity contribution in [3.05, 3.63) is 12.7 Å². The quantitative estimate of drug-likeness (QED) is 0.817. The van der Waals surface area contributed by atoms with Crippen molar-refractivity contribution in [3.8, 4) is 0 Å². The molecule has 0 aromatic carbocycles. The Hall–Kier alpha value is -1.81. The van der Waals surface area contributed by atoms with E-state index in [-0.39, 0.29) is 18.8 Å². The number of imidazole rings is 1. The summed E-state index contributed by atoms with van der Waals surface area (Å²) in [5, 5.41) is 9.74. The van der Waals surface area contributed by atoms with Crippen molar-refractivity contribution in [2.45, 2.75) is 62.4 Å². The molecule has 1 unspecified atom stereocenters. The molecule has 0 radical (unpaired) electrons. The fourth-order valence-electron chi connectivity index (χ4n) is 4.25. The molecule has 0 amide bonds. The Morgan fingerprint density at radius 3 is 2.76 bits per heavy atom. The van der Waals surface area contributed by atoms with E-state index in [1.54, 1.807) is 10.9 Å². The number of rotatable bonds is 2. The van der Waals surface area contributed by atoms with Crippen LogP contribution in [-0.4, -0.2) is 55.3 Å². The Kier molecular flexibility index (Phi) is 3.46. The predicted molar refractivity (Wildman–Crippen MR) is 86.3 cm³/mol. The van der Waals surface area contributed by atoms with Gasteiger partial charge in [0.1, 0.15) is 30.2 Å². The molecule has 25 heavy (non-hydrogen) atoms. The maximum atomic E-state index is 9.74. The second-order valence-corrected chi connectivity index (χ2v) is 6.97. The van der Waals surface area contributed by atoms with Crippen molar-refractivity contribution in [2.24, 2.45) is 0 Å². The van der Waals surface area contributed by atoms with Gasteiger partial charge in [0, 0.05) is 12.8 Å². The zero-order valence-electron chi connectivity index (χ0n) is 13.7. The number of nitrogens with zero attached hydrogens (tertiary/aromatic N) is 4. The average molecular weight is 347 g/mol. The molecule has 0 bridgehead atoms. The van der Waals surface area contributed by atoms with Crippen LogP contribution in [0.15, 0.2) is 12.7 Å². The monoisotopic (exact) mass is 347 g/mol. The van der Waals surface area contributed by atoms with Gasteiger partial charge in [-0.05, 0) is 12.8 Å². The van der Waals surface area contributed by atoms with Crippen LogP contribution in [0.3, 0.4) is 0 Å². The van der Waals surface area contributed by atoms with Gasteiger partial charge in [-0.3, -0.25) is 4.57 Å². The predicted octanol–water partition coefficient (Wildman–Crippen LogP) is 0.743. The van der Waals surface area contributed by atoms with Crippen LogP contribution in [0.1, 0.15) is 38.3 Å². The Morgan fingerprint density at radius 1 is 1.16 bits per heavy atom. The maximum Gasteiger partial charge on any atom is 0.169 e. The summed E-state index contributed by atoms with van der Waals surface area (Å²) < 4.78 is 20.5. The average Bonchev–Trinajstić information content (AvgIpc) is 3.28. The van der Waals surface area contributed by atoms with E-state index in [4.69, 9.17) is 19.9 Å². The van der Waals surface area contributed by atoms with Gasteiger partial charge < -0.3 is 25.1 Å². The van der Waals surface area contributed by atoms with Crippen molar-refractivity contribution in [2.75, 3.05) is 12.3 Å². The number of aliphatic hydroxyl groups is 1. The third kappa shape index (κ3) is 2.27. The molecule has 4 heterocycles. The minimum Gasteiger partial charge on any atom is -0.394 e. The number of nitrogens with two attached hydrogens (primary N) is 1. The van der Waals surface area contributed by atoms with Crippen molar-refractivity contribution in [1.82, 2.24) is 19.5 Å². The molecule has 5 rings (SSSR count). The summed E-state index contributed by atoms with van der Waals surface area (Å²) >= 11 is 0. The van der Waals surface area contributed by atoms with Gasteiger partial charge in [0.05, 0.1) is 12.9 Å². The molecule has 4 atom stereocenters. The van der Waals surface area contributed by atoms with Crippen LogP contribution in [0.25, 0.3) is 11.2 Å². The van der Waals surface area contributed by atoms with Crippen LogP contribution in [0, 0.1) is 0 Å². The third-order valence-electron chi connectivity index (χ3n) is 5.44. The zero-order valence-corrected chi connectivity index (χ0v) is 13.7. The van der Waals surface area contributed by atoms with Crippen molar-refractivity contribution in [3.63, 3.8) is 0 Å². The van der Waals surface area contributed by atoms with Crippen LogP contribution in [0.5, 0.6) is 0 Å². The molecule has 2 aromatic rings. The Balaban J connectivity index is 1.52. The molecular formula is C16H21N5O4. The minimum absolute atomic E-state index is 0.124. The number of ether oxygens (including phenoxy) is 3. The molecule has 2 saturated heterocycles. The first-order valence-electron chi connectivity index (χ1n) is 8.76. The highest BCUT2D eigenvalue weighted by atomic mass is 16.8. The second-order valence-electron chi connectivity index (χ2n) is 6.97. The topological polar surface area (TPSA) is 118 Å². The van der Waals surface area contributed by atoms with Gasteiger partial charge in [0.15, 0.2) is 23.5 Å². The number of anilines is 1. The van der Waals surface area contributed by atoms with Crippen molar-refractivity contribution >= 4 is 17.0 Å². The van der Waals surface area contributed by atoms with E-state index < -0.39 is 18.1 Å². The standard InChI is InChI=1S/C16H21N5O4/c17-13-10-14(19-7-18-13)21(8-20-10)15-12-11(9(6-22)23-15)24-16(25-12)4-2-1-3-5-16/h7-9,11-12,15,22H,1-6H2,(H2,17,18,19)/t9-,11+,12?,15-/m1/s1. The number of aliphatic hydroxyl groups excluding tert-OH is 1. The molecule has 2 aliphatic heterocycles. The second kappa shape index (κ2) is 5.60. The first kappa shape index (κ1) is 15.4. The lowest BCUT2D eigenvalue weighted by Crippen LogP contribution is -2.37. The molecule has 1 saturated carbocycles. The Bertz CT molecular complexity index is 790. The third-order valence-corrected chi connectivity index (χ3v) is 5.44. The highest BCUT2D eigenvalue weighted by molar-refractivity contribution is 5.81. The van der Waals surface area contributed by atoms with Gasteiger partial charge in [-0.1, -0.05) is 6.42 Å². The lowest BCUT2D eigenvalue weighted by Gasteiger charge is -2.34. The molecule has 3 aliphatic rings. The van der Waals surface area contributed by atoms with E-state index in [1.165, 1.54) is 12.7 Å². The van der Waals surface area contributed by atoms with Crippen molar-refractivity contribution < 1.29 is 19.3 Å². The highest BCUT2D eigenvalue weighted by Crippen LogP contribution is 2.48. The summed E-state index contributed by atoms with van der Waals surface area (Å²) in [6.07, 6.45) is 6.65. The molecule has 9 nitrogen and oxygen atoms in total. The summed E-state index contributed by atoms with van der Waals surface area (Å²) in [5.74, 6) is -0.225. The van der Waals surface area contributed by atoms with Crippen LogP contribution in [0.4, 0.5) is 5.82 Å². The van der Waals surface area contributed by atoms with Gasteiger partial charge in [-0.25, -0.2) is 15.0 Å². The minimum atomic E-state index is -0.548. The number of hydrogen-bond acceptors (Lipinski definition) is 8. The van der Waals surface area contributed by atoms with Crippen LogP contribution < -0.4 is 5.73 Å². The number of aromatic nitrogens is 4. The fourth-order valence-corrected chi connectivity index (χ4v) is 4.25. The number of fused-ring (bicyclic) bond motifs is 2. The molecule has 1 spiro atoms. The fraction of sp³-hybridized carbons (Fsp3) is 0.688. The molecule has 1 aliphatic carbocycles. The largest absolute Gasteiger partial charge is 0.394 e. The van der Waals surface area contributed by atoms with Gasteiger partial charge >= 0.3 is 0 Å². The smallest absolute Gasteiger partial charge is 0.169 e. The summed E-state index contributed by atoms with van der Waals surface area (Å²) in [4.78, 5) is 12.6. The Morgan fingerprint density at radius 2 is 1.96 bits per heavy atom. The van der Waals surface area contributed by atoms with Crippen LogP contribution in [0.2, 0.25) is 0 Å². The number of nitrogen functional groups attached to an aromatic ring is 1. The van der Waals surface area contributed by atoms with E-state index in [0.29, 0.717) is 17.0 Å². The van der Waals surface area contributed by atoms with Gasteiger partial charge in [0.25, 0.3) is 0 Å². The van der Waals surface area contributed by atoms with E-state index in [0.717, 1.165) is 25.7 Å². The van der Waals surface area contributed by atoms with Gasteiger partial charge in [-0.2, -0.15) is 0 Å². The van der Waals surface area contributed by atoms with Gasteiger partial charge in [0.2, 0.25) is 0 Å². The molecule has 3 N–H and O–H groups in total. The SMILES string of the molecule is Nc1ncnc2c1ncn2[C@@H]1O[C@H](CO)[C@@H]2OC3(CCCCC3)OC21. The summed E-state index contributed by atoms with van der Waals surface area (Å²) in [5.41, 5.74) is 6.99. The molecule has 9 heteroatoms. The maximum absolute atomic E-state index is 9.74. The molecule has 2 aromatic heterocycles. The Labute approximate surface area is 144 Å². The summed E-state index contributed by atoms with van der Waals surface area (Å²) in [7, 11) is 0. The van der Waals surface area contributed by atoms with E-state index in [2.05, 4.69) is 15.0 Å². The zero-order chi connectivity index (χ0) is 17.0. The highest BCUT2D eigenvalue weighted by Gasteiger charge is 2.58. The van der Waals surface area contributed by atoms with E-state index in [9.17, 15) is 5.11 Å². The molecule has 3 fully saturated rings. The van der Waals surface area contributed by atoms with E-state index >= 15 is 0 Å². The summed E-state index contributed by atoms with van der Waals surface area (Å²) in [6, 6.07) is 0. The van der Waals surface area contributed by atoms with Crippen molar-refractivity contribution in [1.29, 1.82) is 0 Å². The molecular weight excluding hydrogens is 326 g/mol. The first-order valence-corrected chi connectivity index (χ1v) is 8.76. The van der Waals surface area contributed by atoms with Crippen LogP contribution >= 0.6 is 0 Å². The molecule has 134 valence electrons. The number of hydrogen-bond donors (Lipinski definition) is 2. The van der Waals surface area contributed by atoms with E-state index in [1.807, 2.05) is 0 Å². The normalized spacial score (nSPS) is 34.0. The lowest BCUT2D eigenvalue weighted by molar-refractivity contribution is -0.232.